The molecule has 0 aliphatic carbocycles. The molecule has 1 aromatic carbocycles. The molecule has 0 aliphatic rings. The molecular formula is C14H19N3O3. The van der Waals surface area contributed by atoms with E-state index in [2.05, 4.69) is 5.32 Å². The fourth-order valence-corrected chi connectivity index (χ4v) is 2.25. The standard InChI is InChI=1S/C14H19N3O3/c1-10(7-8-18)15-13(19)9-17-12-6-4-3-5-11(12)16(2)14(17)20/h3-6,10,18H,7-9H2,1-2H3,(H,15,19). The van der Waals surface area contributed by atoms with E-state index in [9.17, 15) is 9.59 Å². The van der Waals surface area contributed by atoms with E-state index in [0.717, 1.165) is 11.0 Å². The van der Waals surface area contributed by atoms with E-state index in [1.807, 2.05) is 31.2 Å². The number of aromatic nitrogens is 2. The van der Waals surface area contributed by atoms with Crippen LogP contribution in [0.15, 0.2) is 29.1 Å². The SMILES string of the molecule is CC(CCO)NC(=O)Cn1c(=O)n(C)c2ccccc21. The monoisotopic (exact) mass is 277 g/mol. The number of nitrogens with zero attached hydrogens (tertiary/aromatic N) is 2. The smallest absolute Gasteiger partial charge is 0.329 e. The molecule has 0 bridgehead atoms. The van der Waals surface area contributed by atoms with Gasteiger partial charge in [-0.15, -0.1) is 0 Å². The molecule has 1 amide bonds. The average Bonchev–Trinajstić information content (AvgIpc) is 2.65. The first-order valence-corrected chi connectivity index (χ1v) is 6.59. The van der Waals surface area contributed by atoms with Crippen LogP contribution in [-0.2, 0) is 18.4 Å². The zero-order valence-corrected chi connectivity index (χ0v) is 11.7. The predicted molar refractivity (Wildman–Crippen MR) is 76.5 cm³/mol. The number of benzene rings is 1. The topological polar surface area (TPSA) is 76.3 Å². The summed E-state index contributed by atoms with van der Waals surface area (Å²) >= 11 is 0. The maximum atomic E-state index is 12.1. The Balaban J connectivity index is 2.24. The van der Waals surface area contributed by atoms with Gasteiger partial charge in [-0.3, -0.25) is 13.9 Å². The third kappa shape index (κ3) is 2.75. The van der Waals surface area contributed by atoms with E-state index >= 15 is 0 Å². The second kappa shape index (κ2) is 5.92. The highest BCUT2D eigenvalue weighted by Crippen LogP contribution is 2.11. The highest BCUT2D eigenvalue weighted by atomic mass is 16.3. The van der Waals surface area contributed by atoms with Crippen molar-refractivity contribution in [3.05, 3.63) is 34.7 Å². The Morgan fingerprint density at radius 3 is 2.65 bits per heavy atom. The third-order valence-corrected chi connectivity index (χ3v) is 3.32. The van der Waals surface area contributed by atoms with Gasteiger partial charge in [-0.05, 0) is 25.5 Å². The molecule has 0 saturated carbocycles. The third-order valence-electron chi connectivity index (χ3n) is 3.32. The van der Waals surface area contributed by atoms with Gasteiger partial charge in [0, 0.05) is 19.7 Å². The number of aliphatic hydroxyl groups excluding tert-OH is 1. The van der Waals surface area contributed by atoms with Gasteiger partial charge in [0.2, 0.25) is 5.91 Å². The molecule has 108 valence electrons. The Morgan fingerprint density at radius 2 is 2.00 bits per heavy atom. The van der Waals surface area contributed by atoms with Crippen molar-refractivity contribution in [2.24, 2.45) is 7.05 Å². The number of carbonyl (C=O) groups excluding carboxylic acids is 1. The van der Waals surface area contributed by atoms with Crippen LogP contribution in [0.1, 0.15) is 13.3 Å². The number of hydrogen-bond donors (Lipinski definition) is 2. The summed E-state index contributed by atoms with van der Waals surface area (Å²) in [4.78, 5) is 24.1. The number of aryl methyl sites for hydroxylation is 1. The maximum absolute atomic E-state index is 12.1. The summed E-state index contributed by atoms with van der Waals surface area (Å²) in [7, 11) is 1.69. The summed E-state index contributed by atoms with van der Waals surface area (Å²) < 4.78 is 2.98. The lowest BCUT2D eigenvalue weighted by molar-refractivity contribution is -0.122. The highest BCUT2D eigenvalue weighted by Gasteiger charge is 2.14. The van der Waals surface area contributed by atoms with Crippen LogP contribution in [0.3, 0.4) is 0 Å². The van der Waals surface area contributed by atoms with Crippen LogP contribution in [0.4, 0.5) is 0 Å². The quantitative estimate of drug-likeness (QED) is 0.821. The number of amides is 1. The summed E-state index contributed by atoms with van der Waals surface area (Å²) in [6, 6.07) is 7.25. The van der Waals surface area contributed by atoms with Crippen molar-refractivity contribution in [1.29, 1.82) is 0 Å². The maximum Gasteiger partial charge on any atom is 0.329 e. The zero-order valence-electron chi connectivity index (χ0n) is 11.7. The van der Waals surface area contributed by atoms with Gasteiger partial charge < -0.3 is 10.4 Å². The number of nitrogens with one attached hydrogen (secondary N) is 1. The van der Waals surface area contributed by atoms with Gasteiger partial charge in [0.15, 0.2) is 0 Å². The largest absolute Gasteiger partial charge is 0.396 e. The molecule has 0 spiro atoms. The van der Waals surface area contributed by atoms with Crippen molar-refractivity contribution in [3.63, 3.8) is 0 Å². The van der Waals surface area contributed by atoms with Crippen LogP contribution < -0.4 is 11.0 Å². The number of para-hydroxylation sites is 2. The Morgan fingerprint density at radius 1 is 1.35 bits per heavy atom. The molecule has 6 nitrogen and oxygen atoms in total. The molecule has 2 N–H and O–H groups in total. The number of carbonyl (C=O) groups is 1. The summed E-state index contributed by atoms with van der Waals surface area (Å²) in [6.07, 6.45) is 0.496. The van der Waals surface area contributed by atoms with E-state index in [4.69, 9.17) is 5.11 Å². The number of aliphatic hydroxyl groups is 1. The lowest BCUT2D eigenvalue weighted by Crippen LogP contribution is -2.37. The fourth-order valence-electron chi connectivity index (χ4n) is 2.25. The van der Waals surface area contributed by atoms with E-state index in [-0.39, 0.29) is 30.8 Å². The minimum absolute atomic E-state index is 0.0179. The van der Waals surface area contributed by atoms with Crippen molar-refractivity contribution in [2.45, 2.75) is 25.9 Å². The molecule has 1 atom stereocenters. The fraction of sp³-hybridized carbons (Fsp3) is 0.429. The van der Waals surface area contributed by atoms with E-state index < -0.39 is 0 Å². The first-order chi connectivity index (χ1) is 9.54. The van der Waals surface area contributed by atoms with Gasteiger partial charge in [0.1, 0.15) is 6.54 Å². The molecule has 6 heteroatoms. The van der Waals surface area contributed by atoms with Crippen molar-refractivity contribution in [3.8, 4) is 0 Å². The minimum Gasteiger partial charge on any atom is -0.396 e. The van der Waals surface area contributed by atoms with E-state index in [1.165, 1.54) is 9.13 Å². The number of hydrogen-bond acceptors (Lipinski definition) is 3. The van der Waals surface area contributed by atoms with Gasteiger partial charge in [0.05, 0.1) is 11.0 Å². The Kier molecular flexibility index (Phi) is 4.24. The highest BCUT2D eigenvalue weighted by molar-refractivity contribution is 5.81. The van der Waals surface area contributed by atoms with Crippen molar-refractivity contribution in [2.75, 3.05) is 6.61 Å². The molecule has 0 radical (unpaired) electrons. The molecular weight excluding hydrogens is 258 g/mol. The molecule has 1 aromatic heterocycles. The Bertz CT molecular complexity index is 672. The van der Waals surface area contributed by atoms with Crippen molar-refractivity contribution >= 4 is 16.9 Å². The lowest BCUT2D eigenvalue weighted by Gasteiger charge is -2.12. The van der Waals surface area contributed by atoms with Crippen molar-refractivity contribution < 1.29 is 9.90 Å². The van der Waals surface area contributed by atoms with Gasteiger partial charge in [0.25, 0.3) is 0 Å². The second-order valence-electron chi connectivity index (χ2n) is 4.90. The molecule has 0 aliphatic heterocycles. The first kappa shape index (κ1) is 14.3. The molecule has 1 unspecified atom stereocenters. The Labute approximate surface area is 116 Å². The normalized spacial score (nSPS) is 12.6. The lowest BCUT2D eigenvalue weighted by atomic mass is 10.2. The molecule has 1 heterocycles. The van der Waals surface area contributed by atoms with E-state index in [0.29, 0.717) is 6.42 Å². The van der Waals surface area contributed by atoms with Gasteiger partial charge in [-0.25, -0.2) is 4.79 Å². The van der Waals surface area contributed by atoms with Gasteiger partial charge in [-0.2, -0.15) is 0 Å². The van der Waals surface area contributed by atoms with Crippen LogP contribution >= 0.6 is 0 Å². The van der Waals surface area contributed by atoms with Gasteiger partial charge >= 0.3 is 5.69 Å². The summed E-state index contributed by atoms with van der Waals surface area (Å²) in [5.41, 5.74) is 1.33. The molecule has 20 heavy (non-hydrogen) atoms. The van der Waals surface area contributed by atoms with Gasteiger partial charge in [-0.1, -0.05) is 12.1 Å². The number of rotatable bonds is 5. The predicted octanol–water partition coefficient (Wildman–Crippen LogP) is 0.227. The van der Waals surface area contributed by atoms with Crippen molar-refractivity contribution in [1.82, 2.24) is 14.5 Å². The van der Waals surface area contributed by atoms with Crippen LogP contribution in [0.5, 0.6) is 0 Å². The minimum atomic E-state index is -0.232. The molecule has 0 fully saturated rings. The molecule has 2 aromatic rings. The zero-order chi connectivity index (χ0) is 14.7. The first-order valence-electron chi connectivity index (χ1n) is 6.59. The second-order valence-corrected chi connectivity index (χ2v) is 4.90. The summed E-state index contributed by atoms with van der Waals surface area (Å²) in [5.74, 6) is -0.232. The molecule has 2 rings (SSSR count). The van der Waals surface area contributed by atoms with Crippen LogP contribution in [0, 0.1) is 0 Å². The summed E-state index contributed by atoms with van der Waals surface area (Å²) in [6.45, 7) is 1.83. The van der Waals surface area contributed by atoms with Crippen LogP contribution in [-0.4, -0.2) is 32.8 Å². The Hall–Kier alpha value is -2.08. The van der Waals surface area contributed by atoms with E-state index in [1.54, 1.807) is 7.05 Å². The summed E-state index contributed by atoms with van der Waals surface area (Å²) in [5, 5.41) is 11.6. The number of fused-ring (bicyclic) bond motifs is 1. The van der Waals surface area contributed by atoms with Crippen LogP contribution in [0.2, 0.25) is 0 Å². The van der Waals surface area contributed by atoms with Crippen LogP contribution in [0.25, 0.3) is 11.0 Å². The average molecular weight is 277 g/mol. The molecule has 0 saturated heterocycles. The number of imidazole rings is 1.